The van der Waals surface area contributed by atoms with E-state index < -0.39 is 0 Å². The van der Waals surface area contributed by atoms with Crippen molar-refractivity contribution in [3.05, 3.63) is 29.3 Å². The molecule has 0 aliphatic carbocycles. The van der Waals surface area contributed by atoms with E-state index in [1.54, 1.807) is 0 Å². The third-order valence-corrected chi connectivity index (χ3v) is 2.14. The molecule has 1 rings (SSSR count). The Morgan fingerprint density at radius 2 is 1.40 bits per heavy atom. The Labute approximate surface area is 78.1 Å². The molecule has 0 N–H and O–H groups in total. The second-order valence-electron chi connectivity index (χ2n) is 2.50. The van der Waals surface area contributed by atoms with Crippen LogP contribution in [0.2, 0.25) is 0 Å². The first-order valence-electron chi connectivity index (χ1n) is 3.09. The maximum absolute atomic E-state index is 2.24. The number of aryl methyl sites for hydroxylation is 2. The second-order valence-corrected chi connectivity index (χ2v) is 4.21. The summed E-state index contributed by atoms with van der Waals surface area (Å²) in [6.45, 7) is 4.29. The van der Waals surface area contributed by atoms with Gasteiger partial charge in [-0.05, 0) is 0 Å². The Bertz CT molecular complexity index is 170. The van der Waals surface area contributed by atoms with Gasteiger partial charge in [-0.25, -0.2) is 0 Å². The molecule has 0 aliphatic rings. The number of rotatable bonds is 0. The fourth-order valence-corrected chi connectivity index (χ4v) is 2.42. The van der Waals surface area contributed by atoms with Crippen molar-refractivity contribution in [3.8, 4) is 0 Å². The largest absolute Gasteiger partial charge is 1.00 e. The zero-order valence-corrected chi connectivity index (χ0v) is 10.0. The maximum atomic E-state index is 2.24. The minimum absolute atomic E-state index is 0. The van der Waals surface area contributed by atoms with Crippen LogP contribution in [0.4, 0.5) is 0 Å². The van der Waals surface area contributed by atoms with Crippen molar-refractivity contribution < 1.29 is 30.7 Å². The summed E-state index contributed by atoms with van der Waals surface area (Å²) in [4.78, 5) is 0. The van der Waals surface area contributed by atoms with E-state index >= 15 is 0 Å². The van der Waals surface area contributed by atoms with Crippen LogP contribution in [0.25, 0.3) is 0 Å². The number of hydrogen-bond acceptors (Lipinski definition) is 0. The van der Waals surface area contributed by atoms with E-state index in [0.29, 0.717) is 0 Å². The molecule has 50 valence electrons. The minimum atomic E-state index is 0. The van der Waals surface area contributed by atoms with E-state index in [0.717, 1.165) is 0 Å². The first-order valence-corrected chi connectivity index (χ1v) is 4.57. The van der Waals surface area contributed by atoms with Crippen LogP contribution in [0.3, 0.4) is 0 Å². The molecule has 0 unspecified atom stereocenters. The van der Waals surface area contributed by atoms with Crippen molar-refractivity contribution in [2.45, 2.75) is 13.8 Å². The molecule has 1 aromatic carbocycles. The van der Waals surface area contributed by atoms with Crippen LogP contribution in [0.1, 0.15) is 11.1 Å². The molecule has 0 amide bonds. The Morgan fingerprint density at radius 3 is 1.70 bits per heavy atom. The van der Waals surface area contributed by atoms with Crippen LogP contribution in [0.15, 0.2) is 18.2 Å². The average molecular weight is 206 g/mol. The SMILES string of the molecule is Cc1cc(C)c[c]([Zn+])c1.[Cl-]. The van der Waals surface area contributed by atoms with Gasteiger partial charge in [-0.2, -0.15) is 0 Å². The molecule has 0 radical (unpaired) electrons. The molecule has 0 atom stereocenters. The van der Waals surface area contributed by atoms with E-state index in [-0.39, 0.29) is 12.4 Å². The average Bonchev–Trinajstić information content (AvgIpc) is 1.59. The molecule has 0 bridgehead atoms. The van der Waals surface area contributed by atoms with Gasteiger partial charge < -0.3 is 12.4 Å². The Balaban J connectivity index is 0.000000810. The van der Waals surface area contributed by atoms with Gasteiger partial charge >= 0.3 is 65.6 Å². The van der Waals surface area contributed by atoms with Gasteiger partial charge in [0.1, 0.15) is 0 Å². The van der Waals surface area contributed by atoms with Gasteiger partial charge in [0.2, 0.25) is 0 Å². The van der Waals surface area contributed by atoms with Crippen molar-refractivity contribution in [2.75, 3.05) is 0 Å². The molecule has 0 fully saturated rings. The van der Waals surface area contributed by atoms with Gasteiger partial charge in [-0.1, -0.05) is 0 Å². The molecule has 0 saturated heterocycles. The summed E-state index contributed by atoms with van der Waals surface area (Å²) in [7, 11) is 0. The van der Waals surface area contributed by atoms with Crippen molar-refractivity contribution >= 4 is 4.16 Å². The molecular weight excluding hydrogens is 197 g/mol. The topological polar surface area (TPSA) is 0 Å². The first-order chi connectivity index (χ1) is 4.18. The molecule has 0 spiro atoms. The Morgan fingerprint density at radius 1 is 1.00 bits per heavy atom. The van der Waals surface area contributed by atoms with Crippen molar-refractivity contribution in [1.82, 2.24) is 0 Å². The molecular formula is C8H9ClZn. The van der Waals surface area contributed by atoms with E-state index in [9.17, 15) is 0 Å². The van der Waals surface area contributed by atoms with Crippen LogP contribution < -0.4 is 16.6 Å². The third kappa shape index (κ3) is 2.81. The summed E-state index contributed by atoms with van der Waals surface area (Å²) in [5.41, 5.74) is 2.77. The molecule has 1 aromatic rings. The molecule has 0 nitrogen and oxygen atoms in total. The van der Waals surface area contributed by atoms with Gasteiger partial charge in [-0.15, -0.1) is 0 Å². The van der Waals surface area contributed by atoms with Crippen LogP contribution in [0.5, 0.6) is 0 Å². The number of benzene rings is 1. The fourth-order valence-electron chi connectivity index (χ4n) is 1.07. The van der Waals surface area contributed by atoms with E-state index in [1.807, 2.05) is 0 Å². The van der Waals surface area contributed by atoms with E-state index in [1.165, 1.54) is 33.6 Å². The first kappa shape index (κ1) is 10.1. The van der Waals surface area contributed by atoms with Crippen molar-refractivity contribution in [2.24, 2.45) is 0 Å². The van der Waals surface area contributed by atoms with Crippen molar-refractivity contribution in [1.29, 1.82) is 0 Å². The van der Waals surface area contributed by atoms with Gasteiger partial charge in [0.05, 0.1) is 0 Å². The fraction of sp³-hybridized carbons (Fsp3) is 0.250. The third-order valence-electron chi connectivity index (χ3n) is 1.28. The summed E-state index contributed by atoms with van der Waals surface area (Å²) in [5, 5.41) is 0. The van der Waals surface area contributed by atoms with Crippen LogP contribution >= 0.6 is 0 Å². The molecule has 0 aliphatic heterocycles. The van der Waals surface area contributed by atoms with Gasteiger partial charge in [0, 0.05) is 0 Å². The second kappa shape index (κ2) is 4.10. The normalized spacial score (nSPS) is 8.80. The number of hydrogen-bond donors (Lipinski definition) is 0. The smallest absolute Gasteiger partial charge is 1.00 e. The van der Waals surface area contributed by atoms with Crippen LogP contribution in [-0.4, -0.2) is 0 Å². The van der Waals surface area contributed by atoms with Crippen molar-refractivity contribution in [3.63, 3.8) is 0 Å². The van der Waals surface area contributed by atoms with Crippen LogP contribution in [-0.2, 0) is 18.3 Å². The molecule has 2 heteroatoms. The molecule has 0 aromatic heterocycles. The Kier molecular flexibility index (Phi) is 4.16. The summed E-state index contributed by atoms with van der Waals surface area (Å²) >= 11 is 1.27. The van der Waals surface area contributed by atoms with Gasteiger partial charge in [0.15, 0.2) is 0 Å². The maximum Gasteiger partial charge on any atom is -1.00 e. The summed E-state index contributed by atoms with van der Waals surface area (Å²) in [6, 6.07) is 6.69. The zero-order chi connectivity index (χ0) is 6.85. The van der Waals surface area contributed by atoms with Gasteiger partial charge in [0.25, 0.3) is 0 Å². The summed E-state index contributed by atoms with van der Waals surface area (Å²) < 4.78 is 1.48. The standard InChI is InChI=1S/C8H9.ClH.Zn/c1-7-4-3-5-8(2)6-7;;/h4-6H,1-2H3;1H;/q;;+1/p-1. The molecule has 0 heterocycles. The Hall–Kier alpha value is 0.133. The predicted octanol–water partition coefficient (Wildman–Crippen LogP) is -1.52. The minimum Gasteiger partial charge on any atom is -1.00 e. The van der Waals surface area contributed by atoms with Crippen LogP contribution in [0, 0.1) is 13.8 Å². The molecule has 10 heavy (non-hydrogen) atoms. The zero-order valence-electron chi connectivity index (χ0n) is 6.32. The predicted molar refractivity (Wildman–Crippen MR) is 35.6 cm³/mol. The van der Waals surface area contributed by atoms with E-state index in [2.05, 4.69) is 32.0 Å². The molecule has 0 saturated carbocycles. The summed E-state index contributed by atoms with van der Waals surface area (Å²) in [5.74, 6) is 0. The van der Waals surface area contributed by atoms with E-state index in [4.69, 9.17) is 0 Å². The quantitative estimate of drug-likeness (QED) is 0.452. The summed E-state index contributed by atoms with van der Waals surface area (Å²) in [6.07, 6.45) is 0. The monoisotopic (exact) mass is 204 g/mol. The van der Waals surface area contributed by atoms with Gasteiger partial charge in [-0.3, -0.25) is 0 Å². The number of halogens is 1.